The summed E-state index contributed by atoms with van der Waals surface area (Å²) in [6.45, 7) is 0.254. The first kappa shape index (κ1) is 10.4. The second kappa shape index (κ2) is 3.95. The third kappa shape index (κ3) is 2.07. The molecule has 1 heterocycles. The maximum atomic E-state index is 11.2. The van der Waals surface area contributed by atoms with Crippen LogP contribution in [-0.4, -0.2) is 17.9 Å². The normalized spacial score (nSPS) is 19.1. The highest BCUT2D eigenvalue weighted by atomic mass is 16.7. The van der Waals surface area contributed by atoms with Gasteiger partial charge in [0.05, 0.1) is 5.92 Å². The zero-order valence-corrected chi connectivity index (χ0v) is 9.39. The van der Waals surface area contributed by atoms with Gasteiger partial charge in [0.15, 0.2) is 11.5 Å². The van der Waals surface area contributed by atoms with E-state index in [9.17, 15) is 9.90 Å². The first-order valence-electron chi connectivity index (χ1n) is 5.85. The van der Waals surface area contributed by atoms with Crippen LogP contribution in [0.3, 0.4) is 0 Å². The van der Waals surface area contributed by atoms with Gasteiger partial charge in [0.25, 0.3) is 0 Å². The molecule has 1 aromatic rings. The quantitative estimate of drug-likeness (QED) is 0.866. The van der Waals surface area contributed by atoms with Crippen molar-refractivity contribution in [1.82, 2.24) is 0 Å². The molecule has 0 radical (unpaired) electrons. The van der Waals surface area contributed by atoms with Gasteiger partial charge in [-0.25, -0.2) is 0 Å². The fourth-order valence-corrected chi connectivity index (χ4v) is 2.28. The van der Waals surface area contributed by atoms with E-state index in [4.69, 9.17) is 9.47 Å². The molecule has 1 N–H and O–H groups in total. The zero-order chi connectivity index (χ0) is 11.8. The number of ether oxygens (including phenoxy) is 2. The maximum absolute atomic E-state index is 11.2. The molecule has 4 heteroatoms. The summed E-state index contributed by atoms with van der Waals surface area (Å²) < 4.78 is 10.5. The van der Waals surface area contributed by atoms with Crippen molar-refractivity contribution >= 4 is 5.97 Å². The number of carbonyl (C=O) groups is 1. The third-order valence-corrected chi connectivity index (χ3v) is 3.40. The highest BCUT2D eigenvalue weighted by Gasteiger charge is 2.36. The number of hydrogen-bond donors (Lipinski definition) is 1. The predicted octanol–water partition coefficient (Wildman–Crippen LogP) is 2.07. The number of benzene rings is 1. The molecule has 1 aliphatic heterocycles. The number of fused-ring (bicyclic) bond motifs is 1. The van der Waals surface area contributed by atoms with Gasteiger partial charge in [-0.2, -0.15) is 0 Å². The van der Waals surface area contributed by atoms with Gasteiger partial charge in [0, 0.05) is 0 Å². The Hall–Kier alpha value is -1.71. The average Bonchev–Trinajstić information content (AvgIpc) is 3.03. The Labute approximate surface area is 99.2 Å². The first-order valence-corrected chi connectivity index (χ1v) is 5.85. The van der Waals surface area contributed by atoms with Gasteiger partial charge in [0.2, 0.25) is 6.79 Å². The van der Waals surface area contributed by atoms with Crippen molar-refractivity contribution in [2.45, 2.75) is 19.3 Å². The summed E-state index contributed by atoms with van der Waals surface area (Å²) in [6.07, 6.45) is 2.67. The maximum Gasteiger partial charge on any atom is 0.307 e. The van der Waals surface area contributed by atoms with Gasteiger partial charge in [-0.1, -0.05) is 6.07 Å². The number of rotatable bonds is 4. The van der Waals surface area contributed by atoms with Crippen LogP contribution in [0, 0.1) is 11.8 Å². The van der Waals surface area contributed by atoms with Crippen LogP contribution in [0.5, 0.6) is 11.5 Å². The Morgan fingerprint density at radius 2 is 2.12 bits per heavy atom. The first-order chi connectivity index (χ1) is 8.24. The van der Waals surface area contributed by atoms with Crippen LogP contribution in [0.2, 0.25) is 0 Å². The monoisotopic (exact) mass is 234 g/mol. The van der Waals surface area contributed by atoms with E-state index >= 15 is 0 Å². The fraction of sp³-hybridized carbons (Fsp3) is 0.462. The molecule has 0 saturated heterocycles. The molecular formula is C13H14O4. The number of aliphatic carboxylic acids is 1. The Kier molecular flexibility index (Phi) is 2.42. The zero-order valence-electron chi connectivity index (χ0n) is 9.39. The molecule has 1 fully saturated rings. The van der Waals surface area contributed by atoms with Crippen LogP contribution >= 0.6 is 0 Å². The minimum Gasteiger partial charge on any atom is -0.481 e. The summed E-state index contributed by atoms with van der Waals surface area (Å²) in [6, 6.07) is 5.66. The molecule has 1 unspecified atom stereocenters. The second-order valence-electron chi connectivity index (χ2n) is 4.67. The van der Waals surface area contributed by atoms with E-state index in [1.54, 1.807) is 0 Å². The van der Waals surface area contributed by atoms with Crippen molar-refractivity contribution in [3.05, 3.63) is 23.8 Å². The smallest absolute Gasteiger partial charge is 0.307 e. The highest BCUT2D eigenvalue weighted by molar-refractivity contribution is 5.71. The van der Waals surface area contributed by atoms with Gasteiger partial charge >= 0.3 is 5.97 Å². The molecule has 3 rings (SSSR count). The molecule has 0 spiro atoms. The lowest BCUT2D eigenvalue weighted by atomic mass is 9.95. The summed E-state index contributed by atoms with van der Waals surface area (Å²) in [5.74, 6) is 0.882. The minimum atomic E-state index is -0.690. The topological polar surface area (TPSA) is 55.8 Å². The molecule has 1 saturated carbocycles. The molecule has 1 atom stereocenters. The SMILES string of the molecule is O=C(O)C(Cc1ccc2c(c1)OCO2)C1CC1. The van der Waals surface area contributed by atoms with E-state index in [-0.39, 0.29) is 12.7 Å². The van der Waals surface area contributed by atoms with E-state index < -0.39 is 5.97 Å². The molecule has 4 nitrogen and oxygen atoms in total. The van der Waals surface area contributed by atoms with E-state index in [2.05, 4.69) is 0 Å². The Balaban J connectivity index is 1.77. The Bertz CT molecular complexity index is 451. The Morgan fingerprint density at radius 1 is 1.35 bits per heavy atom. The molecule has 0 amide bonds. The van der Waals surface area contributed by atoms with Gasteiger partial charge in [0.1, 0.15) is 0 Å². The molecule has 90 valence electrons. The van der Waals surface area contributed by atoms with Gasteiger partial charge in [-0.3, -0.25) is 4.79 Å². The third-order valence-electron chi connectivity index (χ3n) is 3.40. The van der Waals surface area contributed by atoms with E-state index in [0.717, 1.165) is 29.9 Å². The van der Waals surface area contributed by atoms with Crippen LogP contribution in [-0.2, 0) is 11.2 Å². The average molecular weight is 234 g/mol. The molecular weight excluding hydrogens is 220 g/mol. The van der Waals surface area contributed by atoms with Crippen molar-refractivity contribution < 1.29 is 19.4 Å². The van der Waals surface area contributed by atoms with Gasteiger partial charge in [-0.05, 0) is 42.9 Å². The summed E-state index contributed by atoms with van der Waals surface area (Å²) in [4.78, 5) is 11.2. The van der Waals surface area contributed by atoms with Gasteiger partial charge < -0.3 is 14.6 Å². The lowest BCUT2D eigenvalue weighted by Gasteiger charge is -2.11. The van der Waals surface area contributed by atoms with Crippen LogP contribution in [0.1, 0.15) is 18.4 Å². The van der Waals surface area contributed by atoms with E-state index in [1.165, 1.54) is 0 Å². The highest BCUT2D eigenvalue weighted by Crippen LogP contribution is 2.40. The molecule has 17 heavy (non-hydrogen) atoms. The minimum absolute atomic E-state index is 0.254. The van der Waals surface area contributed by atoms with Crippen LogP contribution in [0.4, 0.5) is 0 Å². The molecule has 0 bridgehead atoms. The largest absolute Gasteiger partial charge is 0.481 e. The summed E-state index contributed by atoms with van der Waals surface area (Å²) >= 11 is 0. The summed E-state index contributed by atoms with van der Waals surface area (Å²) in [5, 5.41) is 9.18. The standard InChI is InChI=1S/C13H14O4/c14-13(15)10(9-2-3-9)5-8-1-4-11-12(6-8)17-7-16-11/h1,4,6,9-10H,2-3,5,7H2,(H,14,15). The second-order valence-corrected chi connectivity index (χ2v) is 4.67. The summed E-state index contributed by atoms with van der Waals surface area (Å²) in [7, 11) is 0. The van der Waals surface area contributed by atoms with Crippen LogP contribution in [0.25, 0.3) is 0 Å². The van der Waals surface area contributed by atoms with Crippen LogP contribution < -0.4 is 9.47 Å². The lowest BCUT2D eigenvalue weighted by molar-refractivity contribution is -0.142. The lowest BCUT2D eigenvalue weighted by Crippen LogP contribution is -2.18. The Morgan fingerprint density at radius 3 is 2.82 bits per heavy atom. The van der Waals surface area contributed by atoms with Crippen molar-refractivity contribution in [2.24, 2.45) is 11.8 Å². The summed E-state index contributed by atoms with van der Waals surface area (Å²) in [5.41, 5.74) is 1.01. The van der Waals surface area contributed by atoms with Crippen molar-refractivity contribution in [1.29, 1.82) is 0 Å². The fourth-order valence-electron chi connectivity index (χ4n) is 2.28. The molecule has 1 aromatic carbocycles. The molecule has 0 aromatic heterocycles. The number of carboxylic acid groups (broad SMARTS) is 1. The predicted molar refractivity (Wildman–Crippen MR) is 60.1 cm³/mol. The van der Waals surface area contributed by atoms with Crippen molar-refractivity contribution in [3.63, 3.8) is 0 Å². The van der Waals surface area contributed by atoms with Crippen LogP contribution in [0.15, 0.2) is 18.2 Å². The number of hydrogen-bond acceptors (Lipinski definition) is 3. The molecule has 1 aliphatic carbocycles. The van der Waals surface area contributed by atoms with E-state index in [0.29, 0.717) is 12.3 Å². The van der Waals surface area contributed by atoms with Crippen molar-refractivity contribution in [3.8, 4) is 11.5 Å². The molecule has 2 aliphatic rings. The number of carboxylic acids is 1. The van der Waals surface area contributed by atoms with E-state index in [1.807, 2.05) is 18.2 Å². The van der Waals surface area contributed by atoms with Crippen molar-refractivity contribution in [2.75, 3.05) is 6.79 Å². The van der Waals surface area contributed by atoms with Gasteiger partial charge in [-0.15, -0.1) is 0 Å².